The highest BCUT2D eigenvalue weighted by Crippen LogP contribution is 2.36. The number of rotatable bonds is 9. The average molecular weight is 366 g/mol. The minimum atomic E-state index is -0.904. The van der Waals surface area contributed by atoms with Crippen LogP contribution in [0, 0.1) is 0 Å². The van der Waals surface area contributed by atoms with Crippen molar-refractivity contribution < 1.29 is 19.1 Å². The van der Waals surface area contributed by atoms with Crippen LogP contribution in [0.25, 0.3) is 0 Å². The van der Waals surface area contributed by atoms with Crippen molar-refractivity contribution in [2.45, 2.75) is 96.6 Å². The molecule has 2 atom stereocenters. The Hall–Kier alpha value is -1.62. The fraction of sp³-hybridized carbons (Fsp3) is 0.714. The second-order valence-electron chi connectivity index (χ2n) is 8.28. The average Bonchev–Trinajstić information content (AvgIpc) is 2.76. The molecule has 1 unspecified atom stereocenters. The number of hydrogen-bond donors (Lipinski definition) is 0. The summed E-state index contributed by atoms with van der Waals surface area (Å²) in [6, 6.07) is -0.391. The zero-order valence-corrected chi connectivity index (χ0v) is 17.0. The van der Waals surface area contributed by atoms with Gasteiger partial charge in [-0.2, -0.15) is 0 Å². The Morgan fingerprint density at radius 3 is 2.35 bits per heavy atom. The maximum absolute atomic E-state index is 12.7. The molecular formula is C21H35NO4. The van der Waals surface area contributed by atoms with Crippen LogP contribution in [-0.2, 0) is 14.3 Å². The van der Waals surface area contributed by atoms with Crippen molar-refractivity contribution in [2.75, 3.05) is 0 Å². The molecule has 0 N–H and O–H groups in total. The summed E-state index contributed by atoms with van der Waals surface area (Å²) in [5, 5.41) is 0. The van der Waals surface area contributed by atoms with Crippen LogP contribution in [0.1, 0.15) is 73.1 Å². The van der Waals surface area contributed by atoms with Gasteiger partial charge in [-0.25, -0.2) is 4.79 Å². The van der Waals surface area contributed by atoms with Gasteiger partial charge in [0.1, 0.15) is 17.4 Å². The minimum Gasteiger partial charge on any atom is -0.444 e. The Bertz CT molecular complexity index is 519. The second-order valence-corrected chi connectivity index (χ2v) is 8.28. The number of hydrogen-bond acceptors (Lipinski definition) is 4. The van der Waals surface area contributed by atoms with Crippen LogP contribution in [0.4, 0.5) is 4.79 Å². The molecule has 0 radical (unpaired) electrons. The summed E-state index contributed by atoms with van der Waals surface area (Å²) in [6.45, 7) is 16.5. The van der Waals surface area contributed by atoms with E-state index < -0.39 is 29.6 Å². The van der Waals surface area contributed by atoms with Crippen molar-refractivity contribution >= 4 is 11.9 Å². The maximum Gasteiger partial charge on any atom is 0.412 e. The monoisotopic (exact) mass is 365 g/mol. The Kier molecular flexibility index (Phi) is 8.07. The predicted molar refractivity (Wildman–Crippen MR) is 104 cm³/mol. The van der Waals surface area contributed by atoms with Crippen LogP contribution >= 0.6 is 0 Å². The molecule has 5 heteroatoms. The summed E-state index contributed by atoms with van der Waals surface area (Å²) in [5.41, 5.74) is -1.52. The molecule has 0 bridgehead atoms. The normalized spacial score (nSPS) is 22.1. The quantitative estimate of drug-likeness (QED) is 0.426. The lowest BCUT2D eigenvalue weighted by molar-refractivity contribution is -0.136. The summed E-state index contributed by atoms with van der Waals surface area (Å²) in [6.07, 6.45) is 7.24. The molecule has 1 saturated heterocycles. The van der Waals surface area contributed by atoms with Gasteiger partial charge < -0.3 is 9.47 Å². The van der Waals surface area contributed by atoms with Crippen LogP contribution in [-0.4, -0.2) is 40.2 Å². The third kappa shape index (κ3) is 6.27. The van der Waals surface area contributed by atoms with Gasteiger partial charge in [-0.05, 0) is 60.3 Å². The van der Waals surface area contributed by atoms with E-state index in [4.69, 9.17) is 9.47 Å². The highest BCUT2D eigenvalue weighted by molar-refractivity contribution is 5.85. The van der Waals surface area contributed by atoms with Crippen LogP contribution in [0.15, 0.2) is 25.3 Å². The zero-order valence-electron chi connectivity index (χ0n) is 17.0. The number of ketones is 1. The molecule has 0 aromatic rings. The van der Waals surface area contributed by atoms with E-state index in [1.54, 1.807) is 24.8 Å². The Morgan fingerprint density at radius 2 is 1.81 bits per heavy atom. The number of carbonyl (C=O) groups excluding carboxylic acids is 2. The molecule has 0 aromatic heterocycles. The lowest BCUT2D eigenvalue weighted by Gasteiger charge is -2.34. The Morgan fingerprint density at radius 1 is 1.15 bits per heavy atom. The first-order valence-corrected chi connectivity index (χ1v) is 9.48. The van der Waals surface area contributed by atoms with E-state index >= 15 is 0 Å². The van der Waals surface area contributed by atoms with Gasteiger partial charge in [-0.15, -0.1) is 13.2 Å². The van der Waals surface area contributed by atoms with E-state index in [-0.39, 0.29) is 5.78 Å². The van der Waals surface area contributed by atoms with Gasteiger partial charge in [0, 0.05) is 6.42 Å². The molecule has 1 rings (SSSR count). The van der Waals surface area contributed by atoms with E-state index in [0.717, 1.165) is 25.7 Å². The van der Waals surface area contributed by atoms with Crippen molar-refractivity contribution in [3.8, 4) is 0 Å². The molecule has 1 amide bonds. The SMILES string of the molecule is C=CCCCCCC(=O)C1OC(C)(C)N(C(=O)OC(C)(C)C)[C@H]1CC=C. The van der Waals surface area contributed by atoms with Crippen LogP contribution in [0.3, 0.4) is 0 Å². The van der Waals surface area contributed by atoms with Gasteiger partial charge in [-0.1, -0.05) is 18.6 Å². The fourth-order valence-electron chi connectivity index (χ4n) is 3.23. The van der Waals surface area contributed by atoms with E-state index in [9.17, 15) is 9.59 Å². The first-order chi connectivity index (χ1) is 12.0. The summed E-state index contributed by atoms with van der Waals surface area (Å²) in [5.74, 6) is 0.0367. The molecular weight excluding hydrogens is 330 g/mol. The number of amides is 1. The molecule has 0 saturated carbocycles. The number of Topliss-reactive ketones (excluding diaryl/α,β-unsaturated/α-hetero) is 1. The molecule has 148 valence electrons. The molecule has 1 fully saturated rings. The fourth-order valence-corrected chi connectivity index (χ4v) is 3.23. The number of unbranched alkanes of at least 4 members (excludes halogenated alkanes) is 3. The first kappa shape index (κ1) is 22.4. The second kappa shape index (κ2) is 9.36. The van der Waals surface area contributed by atoms with Crippen molar-refractivity contribution in [3.05, 3.63) is 25.3 Å². The molecule has 1 aliphatic heterocycles. The van der Waals surface area contributed by atoms with Gasteiger partial charge in [0.15, 0.2) is 5.78 Å². The minimum absolute atomic E-state index is 0.0367. The Balaban J connectivity index is 2.86. The molecule has 26 heavy (non-hydrogen) atoms. The van der Waals surface area contributed by atoms with E-state index in [2.05, 4.69) is 13.2 Å². The Labute approximate surface area is 158 Å². The molecule has 0 aliphatic carbocycles. The lowest BCUT2D eigenvalue weighted by Crippen LogP contribution is -2.50. The summed E-state index contributed by atoms with van der Waals surface area (Å²) in [4.78, 5) is 27.0. The van der Waals surface area contributed by atoms with E-state index in [1.165, 1.54) is 0 Å². The third-order valence-corrected chi connectivity index (χ3v) is 4.32. The van der Waals surface area contributed by atoms with Gasteiger partial charge >= 0.3 is 6.09 Å². The topological polar surface area (TPSA) is 55.8 Å². The molecule has 5 nitrogen and oxygen atoms in total. The smallest absolute Gasteiger partial charge is 0.412 e. The number of ether oxygens (including phenoxy) is 2. The number of nitrogens with zero attached hydrogens (tertiary/aromatic N) is 1. The van der Waals surface area contributed by atoms with Crippen molar-refractivity contribution in [1.82, 2.24) is 4.90 Å². The zero-order chi connectivity index (χ0) is 20.0. The maximum atomic E-state index is 12.7. The van der Waals surface area contributed by atoms with Crippen LogP contribution in [0.2, 0.25) is 0 Å². The van der Waals surface area contributed by atoms with Gasteiger partial charge in [-0.3, -0.25) is 9.69 Å². The van der Waals surface area contributed by atoms with E-state index in [1.807, 2.05) is 26.8 Å². The highest BCUT2D eigenvalue weighted by Gasteiger charge is 2.52. The van der Waals surface area contributed by atoms with Crippen LogP contribution in [0.5, 0.6) is 0 Å². The van der Waals surface area contributed by atoms with Gasteiger partial charge in [0.05, 0.1) is 6.04 Å². The lowest BCUT2D eigenvalue weighted by atomic mass is 9.99. The number of carbonyl (C=O) groups is 2. The standard InChI is InChI=1S/C21H35NO4/c1-8-10-11-12-13-15-17(23)18-16(14-9-2)22(21(6,7)25-18)19(24)26-20(3,4)5/h8-9,16,18H,1-2,10-15H2,3-7H3/t16-,18?/m0/s1. The van der Waals surface area contributed by atoms with Gasteiger partial charge in [0.25, 0.3) is 0 Å². The van der Waals surface area contributed by atoms with Gasteiger partial charge in [0.2, 0.25) is 0 Å². The molecule has 0 aromatic carbocycles. The summed E-state index contributed by atoms with van der Waals surface area (Å²) < 4.78 is 11.6. The first-order valence-electron chi connectivity index (χ1n) is 9.48. The third-order valence-electron chi connectivity index (χ3n) is 4.32. The van der Waals surface area contributed by atoms with Crippen LogP contribution < -0.4 is 0 Å². The largest absolute Gasteiger partial charge is 0.444 e. The summed E-state index contributed by atoms with van der Waals surface area (Å²) >= 11 is 0. The van der Waals surface area contributed by atoms with E-state index in [0.29, 0.717) is 12.8 Å². The predicted octanol–water partition coefficient (Wildman–Crippen LogP) is 5.01. The van der Waals surface area contributed by atoms with Crippen molar-refractivity contribution in [2.24, 2.45) is 0 Å². The molecule has 0 spiro atoms. The molecule has 1 heterocycles. The van der Waals surface area contributed by atoms with Crippen molar-refractivity contribution in [3.63, 3.8) is 0 Å². The van der Waals surface area contributed by atoms with Crippen molar-refractivity contribution in [1.29, 1.82) is 0 Å². The number of allylic oxidation sites excluding steroid dienone is 1. The summed E-state index contributed by atoms with van der Waals surface area (Å²) in [7, 11) is 0. The molecule has 1 aliphatic rings. The highest BCUT2D eigenvalue weighted by atomic mass is 16.6.